The Morgan fingerprint density at radius 1 is 1.02 bits per heavy atom. The number of fused-ring (bicyclic) bond motifs is 2. The van der Waals surface area contributed by atoms with E-state index in [1.165, 1.54) is 13.8 Å². The van der Waals surface area contributed by atoms with Crippen LogP contribution in [0.15, 0.2) is 78.9 Å². The van der Waals surface area contributed by atoms with Gasteiger partial charge in [0.15, 0.2) is 5.60 Å². The van der Waals surface area contributed by atoms with E-state index in [0.29, 0.717) is 30.8 Å². The highest BCUT2D eigenvalue weighted by atomic mass is 19.1. The highest BCUT2D eigenvalue weighted by Gasteiger charge is 2.66. The summed E-state index contributed by atoms with van der Waals surface area (Å²) >= 11 is 0. The summed E-state index contributed by atoms with van der Waals surface area (Å²) in [7, 11) is 0. The van der Waals surface area contributed by atoms with E-state index in [1.807, 2.05) is 90.7 Å². The molecule has 47 heavy (non-hydrogen) atoms. The molecule has 0 radical (unpaired) electrons. The first kappa shape index (κ1) is 32.8. The number of hydrogen-bond donors (Lipinski definition) is 1. The third-order valence-corrected chi connectivity index (χ3v) is 10.1. The SMILES string of the molecule is C[C@@H]1[C@@H](C(C)(C)F)[C@H](CC(=O)N(CCO)Cc2ccccc2)O[C@@]12C(=O)N(Cc1cccc(N3CCCCC3=O)c1)c1ccccc12. The summed E-state index contributed by atoms with van der Waals surface area (Å²) in [5, 5.41) is 9.76. The molecule has 8 nitrogen and oxygen atoms in total. The second kappa shape index (κ2) is 13.2. The highest BCUT2D eigenvalue weighted by molar-refractivity contribution is 6.07. The first-order valence-corrected chi connectivity index (χ1v) is 16.6. The van der Waals surface area contributed by atoms with Crippen molar-refractivity contribution in [3.8, 4) is 0 Å². The third kappa shape index (κ3) is 6.19. The second-order valence-corrected chi connectivity index (χ2v) is 13.6. The molecule has 3 aliphatic heterocycles. The molecule has 1 N–H and O–H groups in total. The van der Waals surface area contributed by atoms with E-state index in [4.69, 9.17) is 4.74 Å². The summed E-state index contributed by atoms with van der Waals surface area (Å²) in [5.41, 5.74) is 0.718. The number of aliphatic hydroxyl groups excluding tert-OH is 1. The Hall–Kier alpha value is -4.08. The van der Waals surface area contributed by atoms with E-state index in [-0.39, 0.29) is 43.8 Å². The summed E-state index contributed by atoms with van der Waals surface area (Å²) in [5.74, 6) is -1.80. The lowest BCUT2D eigenvalue weighted by molar-refractivity contribution is -0.150. The van der Waals surface area contributed by atoms with Gasteiger partial charge in [0, 0.05) is 49.1 Å². The van der Waals surface area contributed by atoms with E-state index >= 15 is 4.39 Å². The second-order valence-electron chi connectivity index (χ2n) is 13.6. The molecule has 3 aromatic rings. The van der Waals surface area contributed by atoms with E-state index in [1.54, 1.807) is 9.80 Å². The zero-order chi connectivity index (χ0) is 33.3. The number of carbonyl (C=O) groups is 3. The molecule has 0 bridgehead atoms. The molecule has 0 unspecified atom stereocenters. The molecule has 3 aliphatic rings. The van der Waals surface area contributed by atoms with Crippen molar-refractivity contribution in [1.82, 2.24) is 4.90 Å². The molecule has 2 fully saturated rings. The van der Waals surface area contributed by atoms with Gasteiger partial charge in [-0.3, -0.25) is 14.4 Å². The Balaban J connectivity index is 1.30. The average molecular weight is 642 g/mol. The van der Waals surface area contributed by atoms with Crippen molar-refractivity contribution in [2.45, 2.75) is 76.9 Å². The number of alkyl halides is 1. The van der Waals surface area contributed by atoms with E-state index < -0.39 is 29.2 Å². The van der Waals surface area contributed by atoms with Crippen molar-refractivity contribution in [3.05, 3.63) is 95.6 Å². The van der Waals surface area contributed by atoms with Gasteiger partial charge < -0.3 is 24.5 Å². The molecule has 4 atom stereocenters. The molecule has 3 amide bonds. The van der Waals surface area contributed by atoms with Gasteiger partial charge in [-0.05, 0) is 56.0 Å². The minimum atomic E-state index is -1.76. The number of nitrogens with zero attached hydrogens (tertiary/aromatic N) is 3. The van der Waals surface area contributed by atoms with Crippen molar-refractivity contribution >= 4 is 29.1 Å². The number of halogens is 1. The maximum Gasteiger partial charge on any atom is 0.264 e. The molecule has 9 heteroatoms. The van der Waals surface area contributed by atoms with Crippen LogP contribution >= 0.6 is 0 Å². The Labute approximate surface area is 276 Å². The number of hydrogen-bond acceptors (Lipinski definition) is 5. The van der Waals surface area contributed by atoms with Crippen LogP contribution in [0, 0.1) is 11.8 Å². The van der Waals surface area contributed by atoms with Gasteiger partial charge in [0.25, 0.3) is 5.91 Å². The van der Waals surface area contributed by atoms with Gasteiger partial charge in [-0.15, -0.1) is 0 Å². The van der Waals surface area contributed by atoms with Crippen LogP contribution in [0.5, 0.6) is 0 Å². The molecule has 3 aromatic carbocycles. The number of amides is 3. The van der Waals surface area contributed by atoms with Crippen LogP contribution in [-0.2, 0) is 37.8 Å². The van der Waals surface area contributed by atoms with E-state index in [9.17, 15) is 19.5 Å². The zero-order valence-corrected chi connectivity index (χ0v) is 27.4. The lowest BCUT2D eigenvalue weighted by Gasteiger charge is -2.32. The topological polar surface area (TPSA) is 90.4 Å². The third-order valence-electron chi connectivity index (χ3n) is 10.1. The van der Waals surface area contributed by atoms with Crippen LogP contribution < -0.4 is 9.80 Å². The van der Waals surface area contributed by atoms with Crippen LogP contribution in [0.25, 0.3) is 0 Å². The van der Waals surface area contributed by atoms with Gasteiger partial charge in [-0.2, -0.15) is 0 Å². The van der Waals surface area contributed by atoms with E-state index in [0.717, 1.165) is 29.7 Å². The first-order valence-electron chi connectivity index (χ1n) is 16.6. The number of para-hydroxylation sites is 1. The maximum absolute atomic E-state index is 16.2. The molecule has 248 valence electrons. The number of aliphatic hydroxyl groups is 1. The average Bonchev–Trinajstić information content (AvgIpc) is 3.48. The molecule has 0 saturated carbocycles. The number of benzene rings is 3. The maximum atomic E-state index is 16.2. The molecule has 0 aliphatic carbocycles. The number of ether oxygens (including phenoxy) is 1. The van der Waals surface area contributed by atoms with Gasteiger partial charge in [0.2, 0.25) is 11.8 Å². The van der Waals surface area contributed by atoms with Crippen molar-refractivity contribution in [2.75, 3.05) is 29.5 Å². The number of anilines is 2. The van der Waals surface area contributed by atoms with Gasteiger partial charge in [-0.1, -0.05) is 67.6 Å². The van der Waals surface area contributed by atoms with Crippen LogP contribution in [0.3, 0.4) is 0 Å². The molecule has 2 saturated heterocycles. The van der Waals surface area contributed by atoms with Crippen LogP contribution in [0.1, 0.15) is 63.1 Å². The molecule has 0 aromatic heterocycles. The largest absolute Gasteiger partial charge is 0.395 e. The standard InChI is InChI=1S/C38H44FN3O5/c1-26-35(37(2,3)39)32(23-34(45)40(20-21-43)24-27-12-5-4-6-13-27)47-38(26)30-16-7-8-17-31(30)42(36(38)46)25-28-14-11-15-29(22-28)41-19-10-9-18-33(41)44/h4-8,11-17,22,26,32,35,43H,9-10,18-21,23-25H2,1-3H3/t26-,32+,35-,38+/m1/s1. The van der Waals surface area contributed by atoms with Crippen LogP contribution in [0.4, 0.5) is 15.8 Å². The lowest BCUT2D eigenvalue weighted by atomic mass is 9.71. The molecule has 1 spiro atoms. The first-order chi connectivity index (χ1) is 22.5. The number of piperidine rings is 1. The lowest BCUT2D eigenvalue weighted by Crippen LogP contribution is -2.45. The summed E-state index contributed by atoms with van der Waals surface area (Å²) < 4.78 is 22.9. The van der Waals surface area contributed by atoms with E-state index in [2.05, 4.69) is 0 Å². The van der Waals surface area contributed by atoms with Crippen LogP contribution in [-0.4, -0.2) is 59.2 Å². The Bertz CT molecular complexity index is 1620. The summed E-state index contributed by atoms with van der Waals surface area (Å²) in [6.07, 6.45) is 1.37. The molecule has 6 rings (SSSR count). The molecule has 3 heterocycles. The zero-order valence-electron chi connectivity index (χ0n) is 27.4. The van der Waals surface area contributed by atoms with Crippen molar-refractivity contribution in [3.63, 3.8) is 0 Å². The summed E-state index contributed by atoms with van der Waals surface area (Å²) in [4.78, 5) is 46.2. The predicted molar refractivity (Wildman–Crippen MR) is 178 cm³/mol. The smallest absolute Gasteiger partial charge is 0.264 e. The summed E-state index contributed by atoms with van der Waals surface area (Å²) in [6, 6.07) is 24.7. The predicted octanol–water partition coefficient (Wildman–Crippen LogP) is 5.76. The van der Waals surface area contributed by atoms with Crippen molar-refractivity contribution in [1.29, 1.82) is 0 Å². The normalized spacial score (nSPS) is 24.2. The Kier molecular flexibility index (Phi) is 9.23. The van der Waals surface area contributed by atoms with Gasteiger partial charge in [0.05, 0.1) is 31.4 Å². The van der Waals surface area contributed by atoms with Crippen molar-refractivity contribution in [2.24, 2.45) is 11.8 Å². The highest BCUT2D eigenvalue weighted by Crippen LogP contribution is 2.58. The molecular formula is C38H44FN3O5. The minimum Gasteiger partial charge on any atom is -0.395 e. The fourth-order valence-electron chi connectivity index (χ4n) is 7.96. The van der Waals surface area contributed by atoms with Gasteiger partial charge in [-0.25, -0.2) is 4.39 Å². The van der Waals surface area contributed by atoms with Crippen LogP contribution in [0.2, 0.25) is 0 Å². The quantitative estimate of drug-likeness (QED) is 0.304. The fraction of sp³-hybridized carbons (Fsp3) is 0.447. The minimum absolute atomic E-state index is 0.102. The van der Waals surface area contributed by atoms with Crippen molar-refractivity contribution < 1.29 is 28.6 Å². The fourth-order valence-corrected chi connectivity index (χ4v) is 7.96. The Morgan fingerprint density at radius 2 is 1.74 bits per heavy atom. The monoisotopic (exact) mass is 641 g/mol. The van der Waals surface area contributed by atoms with Gasteiger partial charge in [0.1, 0.15) is 5.67 Å². The number of rotatable bonds is 10. The molecular weight excluding hydrogens is 597 g/mol. The Morgan fingerprint density at radius 3 is 2.47 bits per heavy atom. The summed E-state index contributed by atoms with van der Waals surface area (Å²) in [6.45, 7) is 5.96. The number of carbonyl (C=O) groups excluding carboxylic acids is 3. The van der Waals surface area contributed by atoms with Gasteiger partial charge >= 0.3 is 0 Å².